The van der Waals surface area contributed by atoms with Gasteiger partial charge in [0, 0.05) is 17.0 Å². The van der Waals surface area contributed by atoms with Crippen molar-refractivity contribution >= 4 is 27.5 Å². The van der Waals surface area contributed by atoms with Crippen molar-refractivity contribution in [3.8, 4) is 5.69 Å². The van der Waals surface area contributed by atoms with E-state index in [1.165, 1.54) is 4.57 Å². The summed E-state index contributed by atoms with van der Waals surface area (Å²) in [6.45, 7) is 3.74. The molecule has 0 amide bonds. The third-order valence-electron chi connectivity index (χ3n) is 4.98. The first-order valence-electron chi connectivity index (χ1n) is 8.68. The highest BCUT2D eigenvalue weighted by atomic mass is 16.1. The van der Waals surface area contributed by atoms with Gasteiger partial charge < -0.3 is 4.98 Å². The van der Waals surface area contributed by atoms with E-state index in [2.05, 4.69) is 10.1 Å². The van der Waals surface area contributed by atoms with Gasteiger partial charge in [-0.05, 0) is 37.6 Å². The number of aromatic nitrogens is 4. The van der Waals surface area contributed by atoms with Crippen molar-refractivity contribution in [3.63, 3.8) is 0 Å². The van der Waals surface area contributed by atoms with Crippen molar-refractivity contribution in [1.29, 1.82) is 0 Å². The summed E-state index contributed by atoms with van der Waals surface area (Å²) in [6.07, 6.45) is 0. The molecule has 0 aliphatic rings. The molecule has 0 unspecified atom stereocenters. The lowest BCUT2D eigenvalue weighted by Gasteiger charge is -2.14. The molecule has 0 atom stereocenters. The number of rotatable bonds is 1. The molecule has 3 heterocycles. The van der Waals surface area contributed by atoms with Gasteiger partial charge in [-0.15, -0.1) is 0 Å². The Morgan fingerprint density at radius 2 is 1.63 bits per heavy atom. The van der Waals surface area contributed by atoms with Crippen LogP contribution in [-0.4, -0.2) is 19.2 Å². The molecule has 6 heteroatoms. The van der Waals surface area contributed by atoms with Crippen LogP contribution < -0.4 is 11.1 Å². The zero-order chi connectivity index (χ0) is 18.7. The van der Waals surface area contributed by atoms with Crippen molar-refractivity contribution in [2.24, 2.45) is 0 Å². The van der Waals surface area contributed by atoms with E-state index in [1.807, 2.05) is 62.4 Å². The van der Waals surface area contributed by atoms with E-state index < -0.39 is 0 Å². The van der Waals surface area contributed by atoms with Crippen LogP contribution in [0.25, 0.3) is 33.1 Å². The van der Waals surface area contributed by atoms with E-state index in [4.69, 9.17) is 0 Å². The lowest BCUT2D eigenvalue weighted by atomic mass is 10.1. The Kier molecular flexibility index (Phi) is 3.12. The van der Waals surface area contributed by atoms with E-state index in [-0.39, 0.29) is 11.1 Å². The Labute approximate surface area is 153 Å². The summed E-state index contributed by atoms with van der Waals surface area (Å²) >= 11 is 0. The molecule has 5 rings (SSSR count). The first-order chi connectivity index (χ1) is 13.1. The number of para-hydroxylation sites is 2. The second kappa shape index (κ2) is 5.41. The number of hydrogen-bond donors (Lipinski definition) is 1. The lowest BCUT2D eigenvalue weighted by molar-refractivity contribution is 0.900. The van der Waals surface area contributed by atoms with Gasteiger partial charge >= 0.3 is 0 Å². The van der Waals surface area contributed by atoms with E-state index in [9.17, 15) is 9.59 Å². The first kappa shape index (κ1) is 15.6. The topological polar surface area (TPSA) is 72.2 Å². The molecule has 0 radical (unpaired) electrons. The highest BCUT2D eigenvalue weighted by molar-refractivity contribution is 5.86. The number of H-pyrrole nitrogens is 1. The minimum atomic E-state index is -0.302. The molecule has 3 aromatic heterocycles. The smallest absolute Gasteiger partial charge is 0.273 e. The molecule has 6 nitrogen and oxygen atoms in total. The highest BCUT2D eigenvalue weighted by Crippen LogP contribution is 2.22. The molecule has 132 valence electrons. The monoisotopic (exact) mass is 356 g/mol. The fourth-order valence-corrected chi connectivity index (χ4v) is 3.77. The molecular formula is C21H16N4O2. The normalized spacial score (nSPS) is 11.6. The Balaban J connectivity index is 2.05. The Morgan fingerprint density at radius 1 is 0.926 bits per heavy atom. The first-order valence-corrected chi connectivity index (χ1v) is 8.68. The number of nitrogens with one attached hydrogen (secondary N) is 1. The van der Waals surface area contributed by atoms with Gasteiger partial charge in [-0.3, -0.25) is 14.2 Å². The van der Waals surface area contributed by atoms with E-state index in [0.717, 1.165) is 27.7 Å². The molecule has 0 saturated carbocycles. The van der Waals surface area contributed by atoms with Crippen molar-refractivity contribution in [2.75, 3.05) is 0 Å². The quantitative estimate of drug-likeness (QED) is 0.502. The van der Waals surface area contributed by atoms with Gasteiger partial charge in [-0.25, -0.2) is 4.52 Å². The van der Waals surface area contributed by atoms with Crippen LogP contribution in [0.2, 0.25) is 0 Å². The zero-order valence-corrected chi connectivity index (χ0v) is 14.9. The van der Waals surface area contributed by atoms with Crippen molar-refractivity contribution in [1.82, 2.24) is 19.2 Å². The van der Waals surface area contributed by atoms with Crippen LogP contribution in [0, 0.1) is 13.8 Å². The molecule has 1 N–H and O–H groups in total. The van der Waals surface area contributed by atoms with Crippen LogP contribution in [0.1, 0.15) is 11.3 Å². The fourth-order valence-electron chi connectivity index (χ4n) is 3.77. The highest BCUT2D eigenvalue weighted by Gasteiger charge is 2.19. The lowest BCUT2D eigenvalue weighted by Crippen LogP contribution is -2.28. The van der Waals surface area contributed by atoms with Gasteiger partial charge in [-0.2, -0.15) is 5.10 Å². The van der Waals surface area contributed by atoms with Gasteiger partial charge in [-0.1, -0.05) is 30.3 Å². The number of pyridine rings is 1. The van der Waals surface area contributed by atoms with Gasteiger partial charge in [0.25, 0.3) is 11.1 Å². The van der Waals surface area contributed by atoms with Crippen LogP contribution in [0.5, 0.6) is 0 Å². The van der Waals surface area contributed by atoms with E-state index in [0.29, 0.717) is 16.7 Å². The second-order valence-electron chi connectivity index (χ2n) is 6.69. The molecule has 0 aliphatic heterocycles. The largest absolute Gasteiger partial charge is 0.320 e. The van der Waals surface area contributed by atoms with Gasteiger partial charge in [0.15, 0.2) is 0 Å². The van der Waals surface area contributed by atoms with Gasteiger partial charge in [0.05, 0.1) is 16.6 Å². The van der Waals surface area contributed by atoms with Gasteiger partial charge in [0.2, 0.25) is 0 Å². The van der Waals surface area contributed by atoms with Crippen molar-refractivity contribution in [3.05, 3.63) is 86.6 Å². The molecule has 2 aromatic carbocycles. The van der Waals surface area contributed by atoms with Crippen molar-refractivity contribution < 1.29 is 0 Å². The summed E-state index contributed by atoms with van der Waals surface area (Å²) < 4.78 is 3.20. The number of nitrogens with zero attached hydrogens (tertiary/aromatic N) is 3. The molecule has 0 aliphatic carbocycles. The zero-order valence-electron chi connectivity index (χ0n) is 14.9. The fraction of sp³-hybridized carbons (Fsp3) is 0.0952. The molecule has 0 bridgehead atoms. The molecule has 27 heavy (non-hydrogen) atoms. The third-order valence-corrected chi connectivity index (χ3v) is 4.98. The molecule has 5 aromatic rings. The van der Waals surface area contributed by atoms with Crippen LogP contribution in [0.3, 0.4) is 0 Å². The molecule has 0 saturated heterocycles. The maximum Gasteiger partial charge on any atom is 0.273 e. The summed E-state index contributed by atoms with van der Waals surface area (Å²) in [4.78, 5) is 29.2. The summed E-state index contributed by atoms with van der Waals surface area (Å²) in [7, 11) is 0. The number of benzene rings is 2. The average molecular weight is 356 g/mol. The second-order valence-corrected chi connectivity index (χ2v) is 6.69. The van der Waals surface area contributed by atoms with E-state index in [1.54, 1.807) is 10.6 Å². The van der Waals surface area contributed by atoms with Crippen LogP contribution in [-0.2, 0) is 0 Å². The average Bonchev–Trinajstić information content (AvgIpc) is 3.06. The summed E-state index contributed by atoms with van der Waals surface area (Å²) in [5.74, 6) is 0. The minimum absolute atomic E-state index is 0.234. The van der Waals surface area contributed by atoms with Gasteiger partial charge in [0.1, 0.15) is 11.3 Å². The van der Waals surface area contributed by atoms with Crippen LogP contribution >= 0.6 is 0 Å². The number of hydrogen-bond acceptors (Lipinski definition) is 3. The minimum Gasteiger partial charge on any atom is -0.320 e. The van der Waals surface area contributed by atoms with Crippen LogP contribution in [0.15, 0.2) is 64.2 Å². The third kappa shape index (κ3) is 2.10. The number of fused-ring (bicyclic) bond motifs is 4. The molecular weight excluding hydrogens is 340 g/mol. The molecule has 0 fully saturated rings. The Hall–Kier alpha value is -3.67. The van der Waals surface area contributed by atoms with Crippen molar-refractivity contribution in [2.45, 2.75) is 13.8 Å². The summed E-state index contributed by atoms with van der Waals surface area (Å²) in [6, 6.07) is 16.7. The molecule has 0 spiro atoms. The standard InChI is InChI=1S/C21H16N4O2/c1-12-11-18-24(21(27)15-8-4-6-10-17(15)25(18)23-12)19-13(2)14-7-3-5-9-16(14)22-20(19)26/h3-11H,1-2H3,(H,22,26). The predicted molar refractivity (Wildman–Crippen MR) is 106 cm³/mol. The summed E-state index contributed by atoms with van der Waals surface area (Å²) in [5.41, 5.74) is 3.36. The number of aromatic amines is 1. The SMILES string of the molecule is Cc1cc2n(-c3c(C)c4ccccc4[nH]c3=O)c(=O)c3ccccc3n2n1. The predicted octanol–water partition coefficient (Wildman–Crippen LogP) is 3.10. The maximum absolute atomic E-state index is 13.4. The maximum atomic E-state index is 13.4. The Morgan fingerprint density at radius 3 is 2.44 bits per heavy atom. The van der Waals surface area contributed by atoms with E-state index >= 15 is 0 Å². The summed E-state index contributed by atoms with van der Waals surface area (Å²) in [5, 5.41) is 5.95. The van der Waals surface area contributed by atoms with Crippen LogP contribution in [0.4, 0.5) is 0 Å². The number of aryl methyl sites for hydroxylation is 2. The Bertz CT molecular complexity index is 1490.